The number of amides is 4. The van der Waals surface area contributed by atoms with Crippen LogP contribution in [-0.2, 0) is 14.3 Å². The molecule has 2 fully saturated rings. The Kier molecular flexibility index (Phi) is 9.65. The quantitative estimate of drug-likeness (QED) is 0.167. The highest BCUT2D eigenvalue weighted by atomic mass is 16.5. The molecule has 4 amide bonds. The Morgan fingerprint density at radius 1 is 0.714 bits per heavy atom. The Labute approximate surface area is 283 Å². The molecule has 14 heteroatoms. The molecule has 6 rings (SSSR count). The summed E-state index contributed by atoms with van der Waals surface area (Å²) in [7, 11) is 1.26. The average molecular weight is 669 g/mol. The highest BCUT2D eigenvalue weighted by Crippen LogP contribution is 2.37. The molecule has 0 spiro atoms. The van der Waals surface area contributed by atoms with E-state index in [0.29, 0.717) is 11.6 Å². The van der Waals surface area contributed by atoms with Crippen molar-refractivity contribution in [1.82, 2.24) is 40.4 Å². The second-order valence-electron chi connectivity index (χ2n) is 12.5. The van der Waals surface area contributed by atoms with Crippen molar-refractivity contribution in [2.24, 2.45) is 0 Å². The number of nitrogens with one attached hydrogen (secondary N) is 4. The molecule has 4 atom stereocenters. The van der Waals surface area contributed by atoms with Gasteiger partial charge in [-0.1, -0.05) is 48.5 Å². The van der Waals surface area contributed by atoms with Gasteiger partial charge in [-0.3, -0.25) is 9.59 Å². The van der Waals surface area contributed by atoms with Gasteiger partial charge in [0.2, 0.25) is 11.8 Å². The van der Waals surface area contributed by atoms with Crippen LogP contribution in [0, 0.1) is 0 Å². The molecule has 0 unspecified atom stereocenters. The van der Waals surface area contributed by atoms with Crippen LogP contribution in [0.4, 0.5) is 9.59 Å². The van der Waals surface area contributed by atoms with Gasteiger partial charge in [0, 0.05) is 12.1 Å². The predicted molar refractivity (Wildman–Crippen MR) is 180 cm³/mol. The van der Waals surface area contributed by atoms with E-state index in [-0.39, 0.29) is 49.1 Å². The number of aromatic amines is 2. The van der Waals surface area contributed by atoms with E-state index in [2.05, 4.69) is 47.4 Å². The summed E-state index contributed by atoms with van der Waals surface area (Å²) in [5.41, 5.74) is 5.69. The summed E-state index contributed by atoms with van der Waals surface area (Å²) >= 11 is 0. The molecule has 5 N–H and O–H groups in total. The molecule has 2 aromatic heterocycles. The summed E-state index contributed by atoms with van der Waals surface area (Å²) in [5.74, 6) is 0.939. The van der Waals surface area contributed by atoms with E-state index < -0.39 is 12.2 Å². The maximum atomic E-state index is 12.9. The Bertz CT molecular complexity index is 1820. The van der Waals surface area contributed by atoms with Gasteiger partial charge in [-0.25, -0.2) is 19.6 Å². The first-order valence-corrected chi connectivity index (χ1v) is 16.3. The monoisotopic (exact) mass is 668 g/mol. The minimum atomic E-state index is -1.23. The SMILES string of the molecule is COC(=O)NCC(=O)N1[C@@H](C)CC[C@H]1c1ncc(-c2ccc(-c3ccc(-c4cnc([C@@H]5CC[C@H](C)N5C(=O)CNC(=O)O)[nH]4)cc3)cc2)[nH]1. The van der Waals surface area contributed by atoms with E-state index in [9.17, 15) is 19.2 Å². The smallest absolute Gasteiger partial charge is 0.407 e. The van der Waals surface area contributed by atoms with Crippen molar-refractivity contribution in [3.05, 3.63) is 72.6 Å². The number of hydrogen-bond acceptors (Lipinski definition) is 7. The number of imidazole rings is 2. The van der Waals surface area contributed by atoms with Crippen molar-refractivity contribution < 1.29 is 29.0 Å². The summed E-state index contributed by atoms with van der Waals surface area (Å²) in [6.45, 7) is 3.55. The van der Waals surface area contributed by atoms with Gasteiger partial charge >= 0.3 is 12.2 Å². The number of nitrogens with zero attached hydrogens (tertiary/aromatic N) is 4. The van der Waals surface area contributed by atoms with E-state index in [4.69, 9.17) is 5.11 Å². The van der Waals surface area contributed by atoms with Crippen LogP contribution in [0.1, 0.15) is 63.3 Å². The van der Waals surface area contributed by atoms with Gasteiger partial charge in [0.15, 0.2) is 0 Å². The number of carbonyl (C=O) groups excluding carboxylic acids is 3. The Hall–Kier alpha value is -5.66. The van der Waals surface area contributed by atoms with Crippen LogP contribution < -0.4 is 10.6 Å². The Morgan fingerprint density at radius 2 is 1.12 bits per heavy atom. The molecule has 2 aliphatic rings. The number of rotatable bonds is 9. The van der Waals surface area contributed by atoms with Crippen LogP contribution >= 0.6 is 0 Å². The van der Waals surface area contributed by atoms with Crippen LogP contribution in [0.3, 0.4) is 0 Å². The van der Waals surface area contributed by atoms with Gasteiger partial charge in [0.25, 0.3) is 0 Å². The lowest BCUT2D eigenvalue weighted by atomic mass is 10.0. The summed E-state index contributed by atoms with van der Waals surface area (Å²) in [5, 5.41) is 13.5. The lowest BCUT2D eigenvalue weighted by Gasteiger charge is -2.27. The molecule has 256 valence electrons. The van der Waals surface area contributed by atoms with E-state index in [1.54, 1.807) is 22.2 Å². The van der Waals surface area contributed by atoms with Crippen molar-refractivity contribution >= 4 is 24.0 Å². The molecular formula is C35H40N8O6. The zero-order valence-corrected chi connectivity index (χ0v) is 27.6. The van der Waals surface area contributed by atoms with Crippen LogP contribution in [0.5, 0.6) is 0 Å². The number of aromatic nitrogens is 4. The fraction of sp³-hybridized carbons (Fsp3) is 0.371. The molecule has 0 radical (unpaired) electrons. The molecule has 0 bridgehead atoms. The van der Waals surface area contributed by atoms with E-state index in [0.717, 1.165) is 59.3 Å². The molecule has 0 aliphatic carbocycles. The first-order chi connectivity index (χ1) is 23.6. The van der Waals surface area contributed by atoms with Gasteiger partial charge in [-0.05, 0) is 61.8 Å². The zero-order valence-electron chi connectivity index (χ0n) is 27.6. The maximum absolute atomic E-state index is 12.9. The lowest BCUT2D eigenvalue weighted by molar-refractivity contribution is -0.133. The molecule has 14 nitrogen and oxygen atoms in total. The molecule has 49 heavy (non-hydrogen) atoms. The largest absolute Gasteiger partial charge is 0.465 e. The van der Waals surface area contributed by atoms with E-state index in [1.807, 2.05) is 50.2 Å². The third-order valence-electron chi connectivity index (χ3n) is 9.42. The molecule has 4 heterocycles. The topological polar surface area (TPSA) is 186 Å². The minimum absolute atomic E-state index is 0.0112. The van der Waals surface area contributed by atoms with Gasteiger partial charge < -0.3 is 40.2 Å². The normalized spacial score (nSPS) is 20.3. The lowest BCUT2D eigenvalue weighted by Crippen LogP contribution is -2.43. The third-order valence-corrected chi connectivity index (χ3v) is 9.42. The van der Waals surface area contributed by atoms with Gasteiger partial charge in [-0.2, -0.15) is 0 Å². The molecule has 2 aromatic carbocycles. The molecular weight excluding hydrogens is 628 g/mol. The summed E-state index contributed by atoms with van der Waals surface area (Å²) < 4.78 is 4.59. The van der Waals surface area contributed by atoms with Crippen molar-refractivity contribution in [3.63, 3.8) is 0 Å². The van der Waals surface area contributed by atoms with Crippen LogP contribution in [0.25, 0.3) is 33.6 Å². The van der Waals surface area contributed by atoms with Gasteiger partial charge in [-0.15, -0.1) is 0 Å². The molecule has 2 aliphatic heterocycles. The Morgan fingerprint density at radius 3 is 1.53 bits per heavy atom. The molecule has 4 aromatic rings. The van der Waals surface area contributed by atoms with Crippen LogP contribution in [-0.4, -0.2) is 91.1 Å². The summed E-state index contributed by atoms with van der Waals surface area (Å²) in [6.07, 6.45) is 4.85. The van der Waals surface area contributed by atoms with E-state index >= 15 is 0 Å². The third kappa shape index (κ3) is 7.12. The number of alkyl carbamates (subject to hydrolysis) is 1. The van der Waals surface area contributed by atoms with Gasteiger partial charge in [0.1, 0.15) is 24.7 Å². The molecule has 0 saturated carbocycles. The number of carboxylic acid groups (broad SMARTS) is 1. The standard InChI is InChI=1S/C35H40N8O6/c1-20-4-14-28(42(20)30(44)18-38-34(46)47)32-36-16-26(40-32)24-10-6-22(7-11-24)23-8-12-25(13-9-23)27-17-37-33(41-27)29-15-5-21(2)43(29)31(45)19-39-35(48)49-3/h6-13,16-17,20-21,28-29,38H,4-5,14-15,18-19H2,1-3H3,(H,36,40)(H,37,41)(H,39,48)(H,46,47)/t20-,21-,28-,29-/m0/s1. The predicted octanol–water partition coefficient (Wildman–Crippen LogP) is 4.86. The second-order valence-corrected chi connectivity index (χ2v) is 12.5. The first kappa shape index (κ1) is 33.2. The van der Waals surface area contributed by atoms with Crippen molar-refractivity contribution in [2.45, 2.75) is 63.7 Å². The number of benzene rings is 2. The number of H-pyrrole nitrogens is 2. The number of methoxy groups -OCH3 is 1. The first-order valence-electron chi connectivity index (χ1n) is 16.3. The summed E-state index contributed by atoms with van der Waals surface area (Å²) in [4.78, 5) is 67.5. The van der Waals surface area contributed by atoms with Crippen LogP contribution in [0.2, 0.25) is 0 Å². The van der Waals surface area contributed by atoms with E-state index in [1.165, 1.54) is 7.11 Å². The van der Waals surface area contributed by atoms with Crippen LogP contribution in [0.15, 0.2) is 60.9 Å². The summed E-state index contributed by atoms with van der Waals surface area (Å²) in [6, 6.07) is 15.9. The van der Waals surface area contributed by atoms with Crippen molar-refractivity contribution in [1.29, 1.82) is 0 Å². The van der Waals surface area contributed by atoms with Gasteiger partial charge in [0.05, 0.1) is 43.0 Å². The molecule has 2 saturated heterocycles. The number of ether oxygens (including phenoxy) is 1. The van der Waals surface area contributed by atoms with Crippen molar-refractivity contribution in [2.75, 3.05) is 20.2 Å². The average Bonchev–Trinajstić information content (AvgIpc) is 3.93. The van der Waals surface area contributed by atoms with Crippen molar-refractivity contribution in [3.8, 4) is 33.6 Å². The number of likely N-dealkylation sites (tertiary alicyclic amines) is 2. The highest BCUT2D eigenvalue weighted by molar-refractivity contribution is 5.83. The maximum Gasteiger partial charge on any atom is 0.407 e. The fourth-order valence-corrected chi connectivity index (χ4v) is 6.89. The number of carbonyl (C=O) groups is 4. The minimum Gasteiger partial charge on any atom is -0.465 e. The number of hydrogen-bond donors (Lipinski definition) is 5. The highest BCUT2D eigenvalue weighted by Gasteiger charge is 2.38. The fourth-order valence-electron chi connectivity index (χ4n) is 6.89. The second kappa shape index (κ2) is 14.2. The Balaban J connectivity index is 1.10. The zero-order chi connectivity index (χ0) is 34.7.